The van der Waals surface area contributed by atoms with E-state index in [1.165, 1.54) is 4.90 Å². The van der Waals surface area contributed by atoms with Crippen LogP contribution in [0.3, 0.4) is 0 Å². The molecule has 5 nitrogen and oxygen atoms in total. The summed E-state index contributed by atoms with van der Waals surface area (Å²) in [6.45, 7) is 1.50. The van der Waals surface area contributed by atoms with Crippen LogP contribution in [-0.2, 0) is 16.0 Å². The lowest BCUT2D eigenvalue weighted by molar-refractivity contribution is -0.143. The second-order valence-corrected chi connectivity index (χ2v) is 4.80. The van der Waals surface area contributed by atoms with Crippen molar-refractivity contribution in [3.63, 3.8) is 0 Å². The van der Waals surface area contributed by atoms with Crippen molar-refractivity contribution in [2.45, 2.75) is 13.3 Å². The molecule has 0 spiro atoms. The summed E-state index contributed by atoms with van der Waals surface area (Å²) in [5.74, 6) is 0.956. The molecule has 0 saturated heterocycles. The highest BCUT2D eigenvalue weighted by Crippen LogP contribution is 2.22. The van der Waals surface area contributed by atoms with Crippen LogP contribution >= 0.6 is 0 Å². The van der Waals surface area contributed by atoms with Gasteiger partial charge in [0.05, 0.1) is 13.0 Å². The molecule has 0 bridgehead atoms. The number of nitrogens with zero attached hydrogens (tertiary/aromatic N) is 1. The molecule has 2 N–H and O–H groups in total. The Morgan fingerprint density at radius 1 is 1.38 bits per heavy atom. The number of carboxylic acids is 1. The highest BCUT2D eigenvalue weighted by Gasteiger charge is 2.19. The third kappa shape index (κ3) is 3.23. The third-order valence-corrected chi connectivity index (χ3v) is 3.32. The summed E-state index contributed by atoms with van der Waals surface area (Å²) >= 11 is 0. The quantitative estimate of drug-likeness (QED) is 0.818. The van der Waals surface area contributed by atoms with Gasteiger partial charge in [0, 0.05) is 16.6 Å². The monoisotopic (exact) mass is 284 g/mol. The fraction of sp³-hybridized carbons (Fsp3) is 0.250. The minimum Gasteiger partial charge on any atom is -0.480 e. The molecule has 0 atom stereocenters. The number of carboxylic acid groups (broad SMARTS) is 1. The maximum absolute atomic E-state index is 12.3. The predicted octanol–water partition coefficient (Wildman–Crippen LogP) is 1.57. The molecule has 0 radical (unpaired) electrons. The lowest BCUT2D eigenvalue weighted by Gasteiger charge is -2.18. The number of para-hydroxylation sites is 1. The summed E-state index contributed by atoms with van der Waals surface area (Å²) < 4.78 is 0. The summed E-state index contributed by atoms with van der Waals surface area (Å²) in [7, 11) is 0. The molecule has 0 aliphatic carbocycles. The Kier molecular flexibility index (Phi) is 4.29. The van der Waals surface area contributed by atoms with E-state index in [9.17, 15) is 9.59 Å². The molecule has 0 aliphatic heterocycles. The maximum atomic E-state index is 12.3. The lowest BCUT2D eigenvalue weighted by atomic mass is 10.1. The first-order valence-corrected chi connectivity index (χ1v) is 6.52. The van der Waals surface area contributed by atoms with E-state index in [0.717, 1.165) is 22.2 Å². The first kappa shape index (κ1) is 14.7. The number of carbonyl (C=O) groups is 2. The van der Waals surface area contributed by atoms with E-state index in [-0.39, 0.29) is 25.4 Å². The fourth-order valence-electron chi connectivity index (χ4n) is 2.33. The number of aromatic amines is 1. The number of H-pyrrole nitrogens is 1. The fourth-order valence-corrected chi connectivity index (χ4v) is 2.33. The number of carbonyl (C=O) groups excluding carboxylic acids is 1. The van der Waals surface area contributed by atoms with Gasteiger partial charge in [0.1, 0.15) is 6.54 Å². The van der Waals surface area contributed by atoms with E-state index >= 15 is 0 Å². The lowest BCUT2D eigenvalue weighted by Crippen LogP contribution is -2.37. The average Bonchev–Trinajstić information content (AvgIpc) is 2.74. The van der Waals surface area contributed by atoms with Gasteiger partial charge in [0.2, 0.25) is 5.91 Å². The van der Waals surface area contributed by atoms with Crippen molar-refractivity contribution in [3.8, 4) is 12.3 Å². The van der Waals surface area contributed by atoms with Crippen molar-refractivity contribution in [3.05, 3.63) is 35.5 Å². The van der Waals surface area contributed by atoms with E-state index in [4.69, 9.17) is 11.5 Å². The predicted molar refractivity (Wildman–Crippen MR) is 79.8 cm³/mol. The number of terminal acetylenes is 1. The zero-order valence-electron chi connectivity index (χ0n) is 11.7. The maximum Gasteiger partial charge on any atom is 0.323 e. The van der Waals surface area contributed by atoms with Crippen molar-refractivity contribution in [1.82, 2.24) is 9.88 Å². The highest BCUT2D eigenvalue weighted by molar-refractivity contribution is 5.91. The number of aromatic nitrogens is 1. The minimum atomic E-state index is -1.07. The Balaban J connectivity index is 2.26. The molecule has 1 aromatic carbocycles. The zero-order valence-corrected chi connectivity index (χ0v) is 11.7. The van der Waals surface area contributed by atoms with Crippen molar-refractivity contribution >= 4 is 22.8 Å². The van der Waals surface area contributed by atoms with Crippen LogP contribution in [0.5, 0.6) is 0 Å². The molecule has 0 saturated carbocycles. The Morgan fingerprint density at radius 2 is 2.10 bits per heavy atom. The average molecular weight is 284 g/mol. The summed E-state index contributed by atoms with van der Waals surface area (Å²) in [6, 6.07) is 7.69. The van der Waals surface area contributed by atoms with Crippen LogP contribution in [0.25, 0.3) is 10.9 Å². The van der Waals surface area contributed by atoms with Crippen molar-refractivity contribution < 1.29 is 14.7 Å². The van der Waals surface area contributed by atoms with Crippen LogP contribution in [0, 0.1) is 19.3 Å². The molecule has 5 heteroatoms. The Morgan fingerprint density at radius 3 is 2.76 bits per heavy atom. The normalized spacial score (nSPS) is 10.3. The van der Waals surface area contributed by atoms with Gasteiger partial charge in [-0.1, -0.05) is 24.1 Å². The van der Waals surface area contributed by atoms with E-state index in [1.54, 1.807) is 0 Å². The molecular weight excluding hydrogens is 268 g/mol. The van der Waals surface area contributed by atoms with Gasteiger partial charge in [-0.25, -0.2) is 0 Å². The first-order valence-electron chi connectivity index (χ1n) is 6.52. The van der Waals surface area contributed by atoms with E-state index in [0.29, 0.717) is 0 Å². The number of aliphatic carboxylic acids is 1. The van der Waals surface area contributed by atoms with Crippen LogP contribution in [0.15, 0.2) is 24.3 Å². The van der Waals surface area contributed by atoms with Crippen LogP contribution in [0.2, 0.25) is 0 Å². The Hall–Kier alpha value is -2.74. The van der Waals surface area contributed by atoms with Gasteiger partial charge >= 0.3 is 5.97 Å². The van der Waals surface area contributed by atoms with Gasteiger partial charge in [0.25, 0.3) is 0 Å². The second-order valence-electron chi connectivity index (χ2n) is 4.80. The van der Waals surface area contributed by atoms with Crippen LogP contribution in [0.1, 0.15) is 11.3 Å². The first-order chi connectivity index (χ1) is 10.0. The van der Waals surface area contributed by atoms with E-state index in [2.05, 4.69) is 10.9 Å². The van der Waals surface area contributed by atoms with Crippen LogP contribution < -0.4 is 0 Å². The number of hydrogen-bond acceptors (Lipinski definition) is 2. The Bertz CT molecular complexity index is 725. The smallest absolute Gasteiger partial charge is 0.323 e. The topological polar surface area (TPSA) is 73.4 Å². The Labute approximate surface area is 122 Å². The zero-order chi connectivity index (χ0) is 15.4. The number of aryl methyl sites for hydroxylation is 1. The standard InChI is InChI=1S/C16H16N2O3/c1-3-8-18(10-16(20)21)15(19)9-13-11(2)17-14-7-5-4-6-12(13)14/h1,4-7,17H,8-10H2,2H3,(H,20,21). The second kappa shape index (κ2) is 6.14. The van der Waals surface area contributed by atoms with Gasteiger partial charge in [-0.2, -0.15) is 0 Å². The molecule has 0 unspecified atom stereocenters. The minimum absolute atomic E-state index is 0.00740. The largest absolute Gasteiger partial charge is 0.480 e. The summed E-state index contributed by atoms with van der Waals surface area (Å²) in [6.07, 6.45) is 5.32. The number of nitrogens with one attached hydrogen (secondary N) is 1. The summed E-state index contributed by atoms with van der Waals surface area (Å²) in [4.78, 5) is 27.5. The molecule has 0 aliphatic rings. The molecule has 21 heavy (non-hydrogen) atoms. The SMILES string of the molecule is C#CCN(CC(=O)O)C(=O)Cc1c(C)[nH]c2ccccc12. The summed E-state index contributed by atoms with van der Waals surface area (Å²) in [5.41, 5.74) is 2.74. The molecule has 1 amide bonds. The molecule has 1 aromatic heterocycles. The van der Waals surface area contributed by atoms with Gasteiger partial charge in [0.15, 0.2) is 0 Å². The van der Waals surface area contributed by atoms with Crippen molar-refractivity contribution in [1.29, 1.82) is 0 Å². The van der Waals surface area contributed by atoms with E-state index < -0.39 is 5.97 Å². The van der Waals surface area contributed by atoms with Gasteiger partial charge in [-0.05, 0) is 18.6 Å². The van der Waals surface area contributed by atoms with Crippen molar-refractivity contribution in [2.24, 2.45) is 0 Å². The molecule has 2 aromatic rings. The van der Waals surface area contributed by atoms with Gasteiger partial charge < -0.3 is 15.0 Å². The molecule has 108 valence electrons. The number of hydrogen-bond donors (Lipinski definition) is 2. The number of benzene rings is 1. The number of fused-ring (bicyclic) bond motifs is 1. The van der Waals surface area contributed by atoms with Crippen LogP contribution in [-0.4, -0.2) is 40.0 Å². The summed E-state index contributed by atoms with van der Waals surface area (Å²) in [5, 5.41) is 9.81. The van der Waals surface area contributed by atoms with Gasteiger partial charge in [-0.3, -0.25) is 9.59 Å². The van der Waals surface area contributed by atoms with E-state index in [1.807, 2.05) is 31.2 Å². The molecule has 2 rings (SSSR count). The van der Waals surface area contributed by atoms with Gasteiger partial charge in [-0.15, -0.1) is 6.42 Å². The molecule has 0 fully saturated rings. The van der Waals surface area contributed by atoms with Crippen molar-refractivity contribution in [2.75, 3.05) is 13.1 Å². The molecule has 1 heterocycles. The number of rotatable bonds is 5. The molecular formula is C16H16N2O3. The third-order valence-electron chi connectivity index (χ3n) is 3.32. The van der Waals surface area contributed by atoms with Crippen LogP contribution in [0.4, 0.5) is 0 Å². The number of amides is 1. The highest BCUT2D eigenvalue weighted by atomic mass is 16.4.